The van der Waals surface area contributed by atoms with Crippen molar-refractivity contribution < 1.29 is 4.79 Å². The molecule has 0 aliphatic rings. The van der Waals surface area contributed by atoms with Gasteiger partial charge in [0.05, 0.1) is 10.7 Å². The molecule has 3 aromatic rings. The number of hydrogen-bond donors (Lipinski definition) is 1. The van der Waals surface area contributed by atoms with Crippen molar-refractivity contribution in [1.82, 2.24) is 25.1 Å². The van der Waals surface area contributed by atoms with Crippen molar-refractivity contribution in [2.45, 2.75) is 13.3 Å². The number of carbonyl (C=O) groups excluding carboxylic acids is 1. The van der Waals surface area contributed by atoms with Gasteiger partial charge >= 0.3 is 0 Å². The summed E-state index contributed by atoms with van der Waals surface area (Å²) in [4.78, 5) is 21.7. The first-order valence-electron chi connectivity index (χ1n) is 7.29. The van der Waals surface area contributed by atoms with Gasteiger partial charge in [-0.3, -0.25) is 9.48 Å². The minimum absolute atomic E-state index is 0.106. The number of aryl methyl sites for hydroxylation is 2. The standard InChI is InChI=1S/C16H17N5OS/c1-11-19-14(12-6-4-3-5-7-12)15(23-11)16(22)17-9-8-13-18-10-21(2)20-13/h3-7,10H,8-9H2,1-2H3,(H,17,22). The average Bonchev–Trinajstić information content (AvgIpc) is 3.14. The molecular weight excluding hydrogens is 310 g/mol. The summed E-state index contributed by atoms with van der Waals surface area (Å²) < 4.78 is 1.65. The lowest BCUT2D eigenvalue weighted by atomic mass is 10.1. The van der Waals surface area contributed by atoms with Crippen LogP contribution < -0.4 is 5.32 Å². The Bertz CT molecular complexity index is 809. The molecule has 118 valence electrons. The van der Waals surface area contributed by atoms with Crippen molar-refractivity contribution in [3.05, 3.63) is 52.4 Å². The first kappa shape index (κ1) is 15.4. The number of amides is 1. The van der Waals surface area contributed by atoms with Crippen molar-refractivity contribution in [2.24, 2.45) is 7.05 Å². The topological polar surface area (TPSA) is 72.7 Å². The van der Waals surface area contributed by atoms with Crippen LogP contribution in [0.15, 0.2) is 36.7 Å². The summed E-state index contributed by atoms with van der Waals surface area (Å²) in [6, 6.07) is 9.76. The fraction of sp³-hybridized carbons (Fsp3) is 0.250. The molecule has 1 amide bonds. The van der Waals surface area contributed by atoms with E-state index < -0.39 is 0 Å². The summed E-state index contributed by atoms with van der Waals surface area (Å²) in [6.07, 6.45) is 2.25. The Morgan fingerprint density at radius 2 is 2.09 bits per heavy atom. The van der Waals surface area contributed by atoms with E-state index >= 15 is 0 Å². The highest BCUT2D eigenvalue weighted by atomic mass is 32.1. The van der Waals surface area contributed by atoms with Crippen molar-refractivity contribution in [3.8, 4) is 11.3 Å². The zero-order valence-corrected chi connectivity index (χ0v) is 13.8. The van der Waals surface area contributed by atoms with Crippen LogP contribution in [-0.2, 0) is 13.5 Å². The van der Waals surface area contributed by atoms with E-state index in [1.807, 2.05) is 44.3 Å². The van der Waals surface area contributed by atoms with Crippen LogP contribution in [0.3, 0.4) is 0 Å². The van der Waals surface area contributed by atoms with E-state index in [4.69, 9.17) is 0 Å². The Hall–Kier alpha value is -2.54. The zero-order valence-electron chi connectivity index (χ0n) is 13.0. The predicted molar refractivity (Wildman–Crippen MR) is 89.3 cm³/mol. The van der Waals surface area contributed by atoms with Gasteiger partial charge in [-0.1, -0.05) is 30.3 Å². The normalized spacial score (nSPS) is 10.7. The maximum absolute atomic E-state index is 12.5. The van der Waals surface area contributed by atoms with Crippen molar-refractivity contribution in [1.29, 1.82) is 0 Å². The minimum Gasteiger partial charge on any atom is -0.351 e. The molecule has 23 heavy (non-hydrogen) atoms. The van der Waals surface area contributed by atoms with Gasteiger partial charge in [0.1, 0.15) is 11.2 Å². The van der Waals surface area contributed by atoms with Gasteiger partial charge in [-0.15, -0.1) is 11.3 Å². The fourth-order valence-electron chi connectivity index (χ4n) is 2.24. The lowest BCUT2D eigenvalue weighted by Crippen LogP contribution is -2.25. The molecule has 0 saturated heterocycles. The fourth-order valence-corrected chi connectivity index (χ4v) is 3.10. The van der Waals surface area contributed by atoms with Crippen LogP contribution in [0.5, 0.6) is 0 Å². The molecule has 7 heteroatoms. The summed E-state index contributed by atoms with van der Waals surface area (Å²) in [5.74, 6) is 0.613. The van der Waals surface area contributed by atoms with E-state index in [1.165, 1.54) is 11.3 Å². The largest absolute Gasteiger partial charge is 0.351 e. The second kappa shape index (κ2) is 6.70. The smallest absolute Gasteiger partial charge is 0.263 e. The average molecular weight is 327 g/mol. The molecule has 0 aliphatic heterocycles. The van der Waals surface area contributed by atoms with Crippen LogP contribution in [0.1, 0.15) is 20.5 Å². The molecule has 1 N–H and O–H groups in total. The Morgan fingerprint density at radius 1 is 1.30 bits per heavy atom. The molecule has 0 radical (unpaired) electrons. The molecule has 0 bridgehead atoms. The highest BCUT2D eigenvalue weighted by Crippen LogP contribution is 2.27. The summed E-state index contributed by atoms with van der Waals surface area (Å²) in [5, 5.41) is 7.99. The summed E-state index contributed by atoms with van der Waals surface area (Å²) >= 11 is 1.41. The lowest BCUT2D eigenvalue weighted by molar-refractivity contribution is 0.0958. The first-order valence-corrected chi connectivity index (χ1v) is 8.10. The third-order valence-corrected chi connectivity index (χ3v) is 4.24. The van der Waals surface area contributed by atoms with Gasteiger partial charge < -0.3 is 5.32 Å². The molecule has 1 aromatic carbocycles. The number of carbonyl (C=O) groups is 1. The molecule has 0 aliphatic carbocycles. The van der Waals surface area contributed by atoms with E-state index in [9.17, 15) is 4.79 Å². The molecular formula is C16H17N5OS. The molecule has 0 atom stereocenters. The molecule has 0 saturated carbocycles. The Morgan fingerprint density at radius 3 is 2.78 bits per heavy atom. The maximum atomic E-state index is 12.5. The van der Waals surface area contributed by atoms with Gasteiger partial charge in [0.15, 0.2) is 5.82 Å². The lowest BCUT2D eigenvalue weighted by Gasteiger charge is -2.04. The Kier molecular flexibility index (Phi) is 4.47. The van der Waals surface area contributed by atoms with Crippen LogP contribution in [0, 0.1) is 6.92 Å². The number of hydrogen-bond acceptors (Lipinski definition) is 5. The monoisotopic (exact) mass is 327 g/mol. The van der Waals surface area contributed by atoms with Gasteiger partial charge in [0.25, 0.3) is 5.91 Å². The molecule has 0 fully saturated rings. The van der Waals surface area contributed by atoms with Gasteiger partial charge in [-0.05, 0) is 6.92 Å². The Balaban J connectivity index is 1.70. The highest BCUT2D eigenvalue weighted by Gasteiger charge is 2.17. The third kappa shape index (κ3) is 3.62. The second-order valence-electron chi connectivity index (χ2n) is 5.12. The van der Waals surface area contributed by atoms with Gasteiger partial charge in [0.2, 0.25) is 0 Å². The molecule has 3 rings (SSSR count). The van der Waals surface area contributed by atoms with Crippen LogP contribution in [0.4, 0.5) is 0 Å². The SMILES string of the molecule is Cc1nc(-c2ccccc2)c(C(=O)NCCc2ncn(C)n2)s1. The van der Waals surface area contributed by atoms with E-state index in [2.05, 4.69) is 20.4 Å². The number of benzene rings is 1. The van der Waals surface area contributed by atoms with Crippen LogP contribution in [0.25, 0.3) is 11.3 Å². The second-order valence-corrected chi connectivity index (χ2v) is 6.32. The number of thiazole rings is 1. The molecule has 0 unspecified atom stereocenters. The molecule has 0 spiro atoms. The van der Waals surface area contributed by atoms with Gasteiger partial charge in [-0.25, -0.2) is 9.97 Å². The van der Waals surface area contributed by atoms with E-state index in [-0.39, 0.29) is 5.91 Å². The van der Waals surface area contributed by atoms with E-state index in [1.54, 1.807) is 11.0 Å². The van der Waals surface area contributed by atoms with E-state index in [0.29, 0.717) is 17.8 Å². The Labute approximate surface area is 138 Å². The van der Waals surface area contributed by atoms with Gasteiger partial charge in [0, 0.05) is 25.6 Å². The minimum atomic E-state index is -0.106. The van der Waals surface area contributed by atoms with Crippen molar-refractivity contribution >= 4 is 17.2 Å². The summed E-state index contributed by atoms with van der Waals surface area (Å²) in [5.41, 5.74) is 1.69. The number of nitrogens with zero attached hydrogens (tertiary/aromatic N) is 4. The number of nitrogens with one attached hydrogen (secondary N) is 1. The van der Waals surface area contributed by atoms with Gasteiger partial charge in [-0.2, -0.15) is 5.10 Å². The number of rotatable bonds is 5. The van der Waals surface area contributed by atoms with Crippen molar-refractivity contribution in [2.75, 3.05) is 6.54 Å². The van der Waals surface area contributed by atoms with Crippen molar-refractivity contribution in [3.63, 3.8) is 0 Å². The summed E-state index contributed by atoms with van der Waals surface area (Å²) in [6.45, 7) is 2.40. The highest BCUT2D eigenvalue weighted by molar-refractivity contribution is 7.14. The zero-order chi connectivity index (χ0) is 16.2. The molecule has 2 aromatic heterocycles. The quantitative estimate of drug-likeness (QED) is 0.780. The van der Waals surface area contributed by atoms with Crippen LogP contribution in [-0.4, -0.2) is 32.2 Å². The molecule has 6 nitrogen and oxygen atoms in total. The first-order chi connectivity index (χ1) is 11.1. The van der Waals surface area contributed by atoms with E-state index in [0.717, 1.165) is 22.1 Å². The third-order valence-electron chi connectivity index (χ3n) is 3.27. The maximum Gasteiger partial charge on any atom is 0.263 e. The van der Waals surface area contributed by atoms with Crippen LogP contribution >= 0.6 is 11.3 Å². The summed E-state index contributed by atoms with van der Waals surface area (Å²) in [7, 11) is 1.82. The number of aromatic nitrogens is 4. The predicted octanol–water partition coefficient (Wildman–Crippen LogP) is 2.22. The van der Waals surface area contributed by atoms with Crippen LogP contribution in [0.2, 0.25) is 0 Å². The molecule has 2 heterocycles.